The first-order valence-corrected chi connectivity index (χ1v) is 8.33. The number of allylic oxidation sites excluding steroid dienone is 2. The van der Waals surface area contributed by atoms with Gasteiger partial charge in [-0.15, -0.1) is 0 Å². The van der Waals surface area contributed by atoms with Crippen LogP contribution in [0.1, 0.15) is 18.4 Å². The second-order valence-corrected chi connectivity index (χ2v) is 6.12. The van der Waals surface area contributed by atoms with Crippen molar-refractivity contribution in [1.29, 1.82) is 0 Å². The number of benzene rings is 2. The summed E-state index contributed by atoms with van der Waals surface area (Å²) < 4.78 is 16.9. The maximum absolute atomic E-state index is 12.5. The van der Waals surface area contributed by atoms with Crippen molar-refractivity contribution in [3.8, 4) is 22.8 Å². The van der Waals surface area contributed by atoms with Gasteiger partial charge >= 0.3 is 0 Å². The van der Waals surface area contributed by atoms with Crippen molar-refractivity contribution in [3.05, 3.63) is 53.8 Å². The molecule has 5 heteroatoms. The Morgan fingerprint density at radius 1 is 1.00 bits per heavy atom. The summed E-state index contributed by atoms with van der Waals surface area (Å²) in [6, 6.07) is 13.1. The van der Waals surface area contributed by atoms with E-state index in [4.69, 9.17) is 13.9 Å². The molecule has 0 fully saturated rings. The molecule has 132 valence electrons. The quantitative estimate of drug-likeness (QED) is 0.735. The molecule has 5 nitrogen and oxygen atoms in total. The molecule has 0 saturated heterocycles. The first-order valence-electron chi connectivity index (χ1n) is 8.33. The van der Waals surface area contributed by atoms with Crippen LogP contribution in [0.2, 0.25) is 0 Å². The standard InChI is InChI=1S/C21H18O5/c1-24-17-10-13-16(11-18(17)25-2)26-21(12-6-4-3-5-7-12)19(13)20-14(22)8-9-15(20)23/h3-7,10-11,22H,8-9H2,1-2H3. The smallest absolute Gasteiger partial charge is 0.167 e. The van der Waals surface area contributed by atoms with E-state index < -0.39 is 0 Å². The van der Waals surface area contributed by atoms with Gasteiger partial charge in [-0.25, -0.2) is 0 Å². The number of aliphatic hydroxyl groups is 1. The molecule has 0 saturated carbocycles. The molecule has 0 unspecified atom stereocenters. The van der Waals surface area contributed by atoms with E-state index >= 15 is 0 Å². The highest BCUT2D eigenvalue weighted by Gasteiger charge is 2.31. The van der Waals surface area contributed by atoms with Gasteiger partial charge in [-0.2, -0.15) is 0 Å². The summed E-state index contributed by atoms with van der Waals surface area (Å²) in [5, 5.41) is 11.1. The Bertz CT molecular complexity index is 1030. The fourth-order valence-corrected chi connectivity index (χ4v) is 3.39. The summed E-state index contributed by atoms with van der Waals surface area (Å²) in [7, 11) is 3.11. The summed E-state index contributed by atoms with van der Waals surface area (Å²) in [4.78, 5) is 12.5. The molecular formula is C21H18O5. The predicted molar refractivity (Wildman–Crippen MR) is 98.5 cm³/mol. The van der Waals surface area contributed by atoms with E-state index in [9.17, 15) is 9.90 Å². The van der Waals surface area contributed by atoms with Crippen LogP contribution in [-0.2, 0) is 4.79 Å². The van der Waals surface area contributed by atoms with Gasteiger partial charge in [0.05, 0.1) is 19.8 Å². The molecule has 1 aliphatic rings. The van der Waals surface area contributed by atoms with Crippen molar-refractivity contribution in [2.45, 2.75) is 12.8 Å². The van der Waals surface area contributed by atoms with Crippen LogP contribution in [0.5, 0.6) is 11.5 Å². The van der Waals surface area contributed by atoms with E-state index in [1.807, 2.05) is 30.3 Å². The van der Waals surface area contributed by atoms with Crippen LogP contribution in [0.3, 0.4) is 0 Å². The number of rotatable bonds is 4. The SMILES string of the molecule is COc1cc2oc(-c3ccccc3)c(C3=C(O)CCC3=O)c2cc1OC. The van der Waals surface area contributed by atoms with Crippen LogP contribution in [0, 0.1) is 0 Å². The van der Waals surface area contributed by atoms with Gasteiger partial charge in [-0.1, -0.05) is 30.3 Å². The first kappa shape index (κ1) is 16.3. The molecule has 0 aliphatic heterocycles. The van der Waals surface area contributed by atoms with Crippen molar-refractivity contribution in [2.24, 2.45) is 0 Å². The minimum absolute atomic E-state index is 0.0860. The third kappa shape index (κ3) is 2.44. The van der Waals surface area contributed by atoms with Crippen molar-refractivity contribution in [1.82, 2.24) is 0 Å². The zero-order valence-electron chi connectivity index (χ0n) is 14.5. The highest BCUT2D eigenvalue weighted by molar-refractivity contribution is 6.27. The Morgan fingerprint density at radius 3 is 2.31 bits per heavy atom. The number of carbonyl (C=O) groups is 1. The maximum atomic E-state index is 12.5. The summed E-state index contributed by atoms with van der Waals surface area (Å²) in [6.45, 7) is 0. The summed E-state index contributed by atoms with van der Waals surface area (Å²) >= 11 is 0. The Balaban J connectivity index is 2.09. The van der Waals surface area contributed by atoms with Crippen molar-refractivity contribution in [3.63, 3.8) is 0 Å². The lowest BCUT2D eigenvalue weighted by atomic mass is 9.97. The Kier molecular flexibility index (Phi) is 3.92. The molecule has 0 radical (unpaired) electrons. The van der Waals surface area contributed by atoms with E-state index in [1.54, 1.807) is 26.4 Å². The topological polar surface area (TPSA) is 68.9 Å². The summed E-state index contributed by atoms with van der Waals surface area (Å²) in [5.74, 6) is 1.64. The molecule has 4 rings (SSSR count). The molecule has 0 amide bonds. The minimum atomic E-state index is -0.0860. The van der Waals surface area contributed by atoms with Crippen LogP contribution in [0.25, 0.3) is 27.9 Å². The zero-order chi connectivity index (χ0) is 18.3. The lowest BCUT2D eigenvalue weighted by Gasteiger charge is -2.08. The minimum Gasteiger partial charge on any atom is -0.512 e. The third-order valence-electron chi connectivity index (χ3n) is 4.64. The van der Waals surface area contributed by atoms with Gasteiger partial charge in [0.2, 0.25) is 0 Å². The number of furan rings is 1. The largest absolute Gasteiger partial charge is 0.512 e. The van der Waals surface area contributed by atoms with Crippen LogP contribution >= 0.6 is 0 Å². The number of ether oxygens (including phenoxy) is 2. The number of carbonyl (C=O) groups excluding carboxylic acids is 1. The first-order chi connectivity index (χ1) is 12.6. The highest BCUT2D eigenvalue weighted by atomic mass is 16.5. The van der Waals surface area contributed by atoms with Crippen LogP contribution < -0.4 is 9.47 Å². The average molecular weight is 350 g/mol. The molecule has 1 heterocycles. The van der Waals surface area contributed by atoms with Gasteiger partial charge in [-0.05, 0) is 6.07 Å². The Labute approximate surface area is 150 Å². The number of hydrogen-bond donors (Lipinski definition) is 1. The summed E-state index contributed by atoms with van der Waals surface area (Å²) in [6.07, 6.45) is 0.651. The molecular weight excluding hydrogens is 332 g/mol. The number of ketones is 1. The number of methoxy groups -OCH3 is 2. The van der Waals surface area contributed by atoms with Gasteiger partial charge in [0.15, 0.2) is 17.3 Å². The molecule has 0 atom stereocenters. The molecule has 26 heavy (non-hydrogen) atoms. The highest BCUT2D eigenvalue weighted by Crippen LogP contribution is 2.45. The van der Waals surface area contributed by atoms with Gasteiger partial charge in [-0.3, -0.25) is 4.79 Å². The van der Waals surface area contributed by atoms with Gasteiger partial charge in [0.1, 0.15) is 17.1 Å². The van der Waals surface area contributed by atoms with Gasteiger partial charge in [0.25, 0.3) is 0 Å². The fraction of sp³-hybridized carbons (Fsp3) is 0.190. The normalized spacial score (nSPS) is 14.3. The van der Waals surface area contributed by atoms with Crippen LogP contribution in [-0.4, -0.2) is 25.1 Å². The molecule has 1 N–H and O–H groups in total. The fourth-order valence-electron chi connectivity index (χ4n) is 3.39. The average Bonchev–Trinajstić information content (AvgIpc) is 3.20. The van der Waals surface area contributed by atoms with E-state index in [-0.39, 0.29) is 11.5 Å². The number of fused-ring (bicyclic) bond motifs is 1. The monoisotopic (exact) mass is 350 g/mol. The van der Waals surface area contributed by atoms with Gasteiger partial charge in [0, 0.05) is 35.4 Å². The van der Waals surface area contributed by atoms with Crippen molar-refractivity contribution >= 4 is 22.3 Å². The number of aliphatic hydroxyl groups excluding tert-OH is 1. The molecule has 3 aromatic rings. The maximum Gasteiger partial charge on any atom is 0.167 e. The molecule has 0 bridgehead atoms. The zero-order valence-corrected chi connectivity index (χ0v) is 14.5. The third-order valence-corrected chi connectivity index (χ3v) is 4.64. The number of Topliss-reactive ketones (excluding diaryl/α,β-unsaturated/α-hetero) is 1. The lowest BCUT2D eigenvalue weighted by molar-refractivity contribution is -0.113. The van der Waals surface area contributed by atoms with E-state index in [2.05, 4.69) is 0 Å². The molecule has 1 aromatic heterocycles. The Hall–Kier alpha value is -3.21. The van der Waals surface area contributed by atoms with E-state index in [0.29, 0.717) is 52.2 Å². The molecule has 0 spiro atoms. The lowest BCUT2D eigenvalue weighted by Crippen LogP contribution is -1.97. The summed E-state index contributed by atoms with van der Waals surface area (Å²) in [5.41, 5.74) is 2.33. The molecule has 1 aliphatic carbocycles. The number of hydrogen-bond acceptors (Lipinski definition) is 5. The van der Waals surface area contributed by atoms with Crippen LogP contribution in [0.4, 0.5) is 0 Å². The second-order valence-electron chi connectivity index (χ2n) is 6.12. The second kappa shape index (κ2) is 6.26. The molecule has 2 aromatic carbocycles. The van der Waals surface area contributed by atoms with Crippen molar-refractivity contribution < 1.29 is 23.8 Å². The Morgan fingerprint density at radius 2 is 1.69 bits per heavy atom. The van der Waals surface area contributed by atoms with E-state index in [0.717, 1.165) is 5.56 Å². The van der Waals surface area contributed by atoms with Crippen molar-refractivity contribution in [2.75, 3.05) is 14.2 Å². The van der Waals surface area contributed by atoms with Gasteiger partial charge < -0.3 is 19.0 Å². The predicted octanol–water partition coefficient (Wildman–Crippen LogP) is 4.75. The van der Waals surface area contributed by atoms with E-state index in [1.165, 1.54) is 0 Å². The van der Waals surface area contributed by atoms with Crippen LogP contribution in [0.15, 0.2) is 52.6 Å².